The molecule has 0 radical (unpaired) electrons. The smallest absolute Gasteiger partial charge is 0.150 e. The fourth-order valence-electron chi connectivity index (χ4n) is 2.03. The molecule has 0 amide bonds. The standard InChI is InChI=1S/C11H17ClN4O/c1-7(8-2-4-17-5-3-8)16-11-9(12)10(13)14-6-15-11/h6-8H,2-5H2,1H3,(H3,13,14,15,16). The molecule has 6 heteroatoms. The Morgan fingerprint density at radius 1 is 1.47 bits per heavy atom. The normalized spacial score (nSPS) is 18.9. The van der Waals surface area contributed by atoms with E-state index in [2.05, 4.69) is 22.2 Å². The van der Waals surface area contributed by atoms with Crippen LogP contribution < -0.4 is 11.1 Å². The van der Waals surface area contributed by atoms with Crippen molar-refractivity contribution in [3.63, 3.8) is 0 Å². The predicted molar refractivity (Wildman–Crippen MR) is 68.1 cm³/mol. The van der Waals surface area contributed by atoms with Crippen LogP contribution in [0.5, 0.6) is 0 Å². The molecule has 0 saturated carbocycles. The van der Waals surface area contributed by atoms with Crippen LogP contribution in [0.2, 0.25) is 5.02 Å². The van der Waals surface area contributed by atoms with Gasteiger partial charge in [0.15, 0.2) is 5.82 Å². The number of ether oxygens (including phenoxy) is 1. The number of nitrogens with one attached hydrogen (secondary N) is 1. The predicted octanol–water partition coefficient (Wildman–Crippen LogP) is 1.94. The zero-order valence-electron chi connectivity index (χ0n) is 9.82. The molecule has 1 aromatic rings. The van der Waals surface area contributed by atoms with E-state index in [0.29, 0.717) is 28.6 Å². The molecule has 1 atom stereocenters. The minimum Gasteiger partial charge on any atom is -0.382 e. The van der Waals surface area contributed by atoms with E-state index in [9.17, 15) is 0 Å². The summed E-state index contributed by atoms with van der Waals surface area (Å²) in [6, 6.07) is 0.297. The molecule has 1 aliphatic rings. The lowest BCUT2D eigenvalue weighted by atomic mass is 9.93. The Labute approximate surface area is 106 Å². The van der Waals surface area contributed by atoms with Gasteiger partial charge in [0.2, 0.25) is 0 Å². The topological polar surface area (TPSA) is 73.1 Å². The van der Waals surface area contributed by atoms with Crippen molar-refractivity contribution in [2.45, 2.75) is 25.8 Å². The minimum atomic E-state index is 0.297. The number of nitrogen functional groups attached to an aromatic ring is 1. The van der Waals surface area contributed by atoms with Crippen LogP contribution in [-0.4, -0.2) is 29.2 Å². The molecule has 1 unspecified atom stereocenters. The molecule has 1 aromatic heterocycles. The number of anilines is 2. The first-order chi connectivity index (χ1) is 8.18. The van der Waals surface area contributed by atoms with Crippen LogP contribution in [0.3, 0.4) is 0 Å². The highest BCUT2D eigenvalue weighted by Gasteiger charge is 2.21. The summed E-state index contributed by atoms with van der Waals surface area (Å²) in [5, 5.41) is 3.70. The van der Waals surface area contributed by atoms with E-state index in [1.807, 2.05) is 0 Å². The van der Waals surface area contributed by atoms with Gasteiger partial charge in [-0.3, -0.25) is 0 Å². The second-order valence-corrected chi connectivity index (χ2v) is 4.68. The lowest BCUT2D eigenvalue weighted by Gasteiger charge is -2.28. The number of halogens is 1. The summed E-state index contributed by atoms with van der Waals surface area (Å²) in [5.41, 5.74) is 5.63. The zero-order chi connectivity index (χ0) is 12.3. The Kier molecular flexibility index (Phi) is 4.02. The van der Waals surface area contributed by atoms with Crippen LogP contribution >= 0.6 is 11.6 Å². The van der Waals surface area contributed by atoms with E-state index in [4.69, 9.17) is 22.1 Å². The molecule has 0 bridgehead atoms. The van der Waals surface area contributed by atoms with Gasteiger partial charge in [-0.15, -0.1) is 0 Å². The molecule has 1 fully saturated rings. The monoisotopic (exact) mass is 256 g/mol. The van der Waals surface area contributed by atoms with E-state index in [1.54, 1.807) is 0 Å². The van der Waals surface area contributed by atoms with Gasteiger partial charge in [0.1, 0.15) is 17.2 Å². The Bertz CT molecular complexity index is 382. The SMILES string of the molecule is CC(Nc1ncnc(N)c1Cl)C1CCOCC1. The molecule has 1 aliphatic heterocycles. The highest BCUT2D eigenvalue weighted by atomic mass is 35.5. The highest BCUT2D eigenvalue weighted by molar-refractivity contribution is 6.35. The molecule has 94 valence electrons. The largest absolute Gasteiger partial charge is 0.382 e. The average Bonchev–Trinajstić information content (AvgIpc) is 2.36. The maximum atomic E-state index is 6.04. The number of aromatic nitrogens is 2. The maximum absolute atomic E-state index is 6.04. The summed E-state index contributed by atoms with van der Waals surface area (Å²) in [5.74, 6) is 1.50. The summed E-state index contributed by atoms with van der Waals surface area (Å²) in [7, 11) is 0. The number of rotatable bonds is 3. The Morgan fingerprint density at radius 3 is 2.88 bits per heavy atom. The van der Waals surface area contributed by atoms with Crippen LogP contribution in [0, 0.1) is 5.92 Å². The first-order valence-corrected chi connectivity index (χ1v) is 6.16. The molecular formula is C11H17ClN4O. The van der Waals surface area contributed by atoms with Gasteiger partial charge < -0.3 is 15.8 Å². The van der Waals surface area contributed by atoms with Gasteiger partial charge in [0.05, 0.1) is 0 Å². The molecule has 2 rings (SSSR count). The van der Waals surface area contributed by atoms with E-state index in [0.717, 1.165) is 26.1 Å². The summed E-state index contributed by atoms with van der Waals surface area (Å²) in [4.78, 5) is 7.94. The molecule has 1 saturated heterocycles. The second-order valence-electron chi connectivity index (χ2n) is 4.30. The maximum Gasteiger partial charge on any atom is 0.150 e. The number of nitrogens with zero attached hydrogens (tertiary/aromatic N) is 2. The molecule has 2 heterocycles. The lowest BCUT2D eigenvalue weighted by Crippen LogP contribution is -2.31. The van der Waals surface area contributed by atoms with E-state index in [-0.39, 0.29) is 0 Å². The van der Waals surface area contributed by atoms with Gasteiger partial charge >= 0.3 is 0 Å². The van der Waals surface area contributed by atoms with Crippen LogP contribution in [0.4, 0.5) is 11.6 Å². The van der Waals surface area contributed by atoms with Crippen LogP contribution in [-0.2, 0) is 4.74 Å². The third-order valence-electron chi connectivity index (χ3n) is 3.15. The first kappa shape index (κ1) is 12.4. The fourth-order valence-corrected chi connectivity index (χ4v) is 2.19. The van der Waals surface area contributed by atoms with Crippen molar-refractivity contribution in [1.29, 1.82) is 0 Å². The molecule has 3 N–H and O–H groups in total. The molecule has 17 heavy (non-hydrogen) atoms. The van der Waals surface area contributed by atoms with Crippen molar-refractivity contribution >= 4 is 23.2 Å². The molecule has 5 nitrogen and oxygen atoms in total. The fraction of sp³-hybridized carbons (Fsp3) is 0.636. The highest BCUT2D eigenvalue weighted by Crippen LogP contribution is 2.27. The van der Waals surface area contributed by atoms with E-state index in [1.165, 1.54) is 6.33 Å². The van der Waals surface area contributed by atoms with Crippen molar-refractivity contribution in [3.8, 4) is 0 Å². The average molecular weight is 257 g/mol. The van der Waals surface area contributed by atoms with Crippen molar-refractivity contribution in [2.75, 3.05) is 24.3 Å². The Hall–Kier alpha value is -1.07. The van der Waals surface area contributed by atoms with Crippen molar-refractivity contribution in [1.82, 2.24) is 9.97 Å². The van der Waals surface area contributed by atoms with Crippen LogP contribution in [0.15, 0.2) is 6.33 Å². The zero-order valence-corrected chi connectivity index (χ0v) is 10.6. The van der Waals surface area contributed by atoms with E-state index < -0.39 is 0 Å². The molecule has 0 aromatic carbocycles. The minimum absolute atomic E-state index is 0.297. The third-order valence-corrected chi connectivity index (χ3v) is 3.53. The van der Waals surface area contributed by atoms with Crippen LogP contribution in [0.25, 0.3) is 0 Å². The van der Waals surface area contributed by atoms with Gasteiger partial charge in [-0.2, -0.15) is 0 Å². The summed E-state index contributed by atoms with van der Waals surface area (Å²) in [6.07, 6.45) is 3.54. The Balaban J connectivity index is 2.01. The third kappa shape index (κ3) is 2.98. The number of nitrogens with two attached hydrogens (primary N) is 1. The molecular weight excluding hydrogens is 240 g/mol. The first-order valence-electron chi connectivity index (χ1n) is 5.78. The van der Waals surface area contributed by atoms with Crippen molar-refractivity contribution < 1.29 is 4.74 Å². The van der Waals surface area contributed by atoms with Crippen molar-refractivity contribution in [2.24, 2.45) is 5.92 Å². The van der Waals surface area contributed by atoms with Gasteiger partial charge in [0.25, 0.3) is 0 Å². The van der Waals surface area contributed by atoms with Gasteiger partial charge in [-0.1, -0.05) is 11.6 Å². The molecule has 0 aliphatic carbocycles. The lowest BCUT2D eigenvalue weighted by molar-refractivity contribution is 0.0622. The second kappa shape index (κ2) is 5.51. The number of hydrogen-bond donors (Lipinski definition) is 2. The van der Waals surface area contributed by atoms with Gasteiger partial charge in [-0.25, -0.2) is 9.97 Å². The van der Waals surface area contributed by atoms with Gasteiger partial charge in [-0.05, 0) is 25.7 Å². The quantitative estimate of drug-likeness (QED) is 0.865. The van der Waals surface area contributed by atoms with Gasteiger partial charge in [0, 0.05) is 19.3 Å². The van der Waals surface area contributed by atoms with Crippen LogP contribution in [0.1, 0.15) is 19.8 Å². The summed E-state index contributed by atoms with van der Waals surface area (Å²) in [6.45, 7) is 3.79. The molecule has 0 spiro atoms. The Morgan fingerprint density at radius 2 is 2.18 bits per heavy atom. The summed E-state index contributed by atoms with van der Waals surface area (Å²) < 4.78 is 5.34. The van der Waals surface area contributed by atoms with E-state index >= 15 is 0 Å². The summed E-state index contributed by atoms with van der Waals surface area (Å²) >= 11 is 6.04. The van der Waals surface area contributed by atoms with Crippen molar-refractivity contribution in [3.05, 3.63) is 11.3 Å². The number of hydrogen-bond acceptors (Lipinski definition) is 5.